The Hall–Kier alpha value is -1.92. The molecule has 6 nitrogen and oxygen atoms in total. The van der Waals surface area contributed by atoms with Crippen LogP contribution < -0.4 is 5.32 Å². The Kier molecular flexibility index (Phi) is 41.7. The van der Waals surface area contributed by atoms with Crippen LogP contribution in [-0.2, 0) is 14.3 Å². The lowest BCUT2D eigenvalue weighted by molar-refractivity contribution is -0.151. The van der Waals surface area contributed by atoms with Gasteiger partial charge in [-0.2, -0.15) is 0 Å². The minimum Gasteiger partial charge on any atom is -0.462 e. The Balaban J connectivity index is 4.58. The summed E-state index contributed by atoms with van der Waals surface area (Å²) in [6.45, 7) is 6.33. The summed E-state index contributed by atoms with van der Waals surface area (Å²) >= 11 is 0. The summed E-state index contributed by atoms with van der Waals surface area (Å²) in [5.41, 5.74) is 0. The highest BCUT2D eigenvalue weighted by atomic mass is 16.5. The highest BCUT2D eigenvalue weighted by Gasteiger charge is 2.24. The molecule has 0 saturated heterocycles. The van der Waals surface area contributed by atoms with Gasteiger partial charge in [-0.1, -0.05) is 218 Å². The molecule has 0 aromatic carbocycles. The summed E-state index contributed by atoms with van der Waals surface area (Å²) in [7, 11) is 0. The first-order chi connectivity index (χ1) is 27.0. The van der Waals surface area contributed by atoms with Crippen LogP contribution in [0.25, 0.3) is 0 Å². The third-order valence-corrected chi connectivity index (χ3v) is 10.8. The van der Waals surface area contributed by atoms with Crippen LogP contribution >= 0.6 is 0 Å². The predicted octanol–water partition coefficient (Wildman–Crippen LogP) is 13.7. The summed E-state index contributed by atoms with van der Waals surface area (Å²) in [6.07, 6.45) is 49.2. The number of esters is 1. The molecule has 6 heteroatoms. The molecule has 0 heterocycles. The molecule has 0 aromatic rings. The van der Waals surface area contributed by atoms with Crippen molar-refractivity contribution in [1.29, 1.82) is 0 Å². The van der Waals surface area contributed by atoms with Gasteiger partial charge in [0.1, 0.15) is 6.10 Å². The third-order valence-electron chi connectivity index (χ3n) is 10.8. The molecule has 0 spiro atoms. The molecule has 1 amide bonds. The second-order valence-corrected chi connectivity index (χ2v) is 16.2. The predicted molar refractivity (Wildman–Crippen MR) is 236 cm³/mol. The van der Waals surface area contributed by atoms with Crippen molar-refractivity contribution in [3.63, 3.8) is 0 Å². The average molecular weight is 774 g/mol. The molecule has 3 atom stereocenters. The molecule has 0 aromatic heterocycles. The Bertz CT molecular complexity index is 915. The van der Waals surface area contributed by atoms with Crippen LogP contribution in [0, 0.1) is 0 Å². The number of aliphatic hydroxyl groups is 2. The van der Waals surface area contributed by atoms with Gasteiger partial charge in [-0.05, 0) is 44.9 Å². The normalized spacial score (nSPS) is 13.6. The molecule has 0 aliphatic carbocycles. The number of aliphatic hydroxyl groups excluding tert-OH is 2. The van der Waals surface area contributed by atoms with Crippen LogP contribution in [0.1, 0.15) is 239 Å². The summed E-state index contributed by atoms with van der Waals surface area (Å²) in [5.74, 6) is -0.503. The van der Waals surface area contributed by atoms with Gasteiger partial charge in [0, 0.05) is 6.42 Å². The zero-order chi connectivity index (χ0) is 40.3. The Labute approximate surface area is 341 Å². The zero-order valence-electron chi connectivity index (χ0n) is 36.6. The molecule has 0 radical (unpaired) electrons. The minimum atomic E-state index is -0.793. The van der Waals surface area contributed by atoms with Crippen molar-refractivity contribution in [2.75, 3.05) is 6.61 Å². The summed E-state index contributed by atoms with van der Waals surface area (Å²) in [4.78, 5) is 26.0. The molecule has 0 fully saturated rings. The van der Waals surface area contributed by atoms with E-state index in [1.165, 1.54) is 122 Å². The molecule has 3 N–H and O–H groups in total. The molecule has 0 bridgehead atoms. The lowest BCUT2D eigenvalue weighted by Gasteiger charge is -2.24. The van der Waals surface area contributed by atoms with Crippen molar-refractivity contribution < 1.29 is 24.5 Å². The summed E-state index contributed by atoms with van der Waals surface area (Å²) in [6, 6.07) is -0.708. The number of rotatable bonds is 42. The lowest BCUT2D eigenvalue weighted by atomic mass is 10.0. The fourth-order valence-electron chi connectivity index (χ4n) is 7.19. The van der Waals surface area contributed by atoms with E-state index >= 15 is 0 Å². The Morgan fingerprint density at radius 1 is 0.545 bits per heavy atom. The van der Waals surface area contributed by atoms with E-state index in [0.29, 0.717) is 19.3 Å². The number of ether oxygens (including phenoxy) is 1. The minimum absolute atomic E-state index is 0.0577. The van der Waals surface area contributed by atoms with Crippen molar-refractivity contribution in [3.8, 4) is 0 Å². The van der Waals surface area contributed by atoms with Gasteiger partial charge < -0.3 is 20.3 Å². The van der Waals surface area contributed by atoms with E-state index in [4.69, 9.17) is 4.74 Å². The summed E-state index contributed by atoms with van der Waals surface area (Å²) in [5, 5.41) is 23.7. The molecular weight excluding hydrogens is 683 g/mol. The maximum Gasteiger partial charge on any atom is 0.306 e. The first kappa shape index (κ1) is 53.1. The molecule has 0 saturated carbocycles. The standard InChI is InChI=1S/C49H91NO5/c1-4-7-10-13-16-19-22-24-26-29-32-35-38-41-47(52)46(44-51)50-48(53)43-45(40-37-34-31-28-25-21-18-15-12-9-6-3)55-49(54)42-39-36-33-30-27-23-20-17-14-11-8-5-2/h9,12,15,18,21,25,45-47,51-52H,4-8,10-11,13-14,16-17,19-20,22-24,26-44H2,1-3H3,(H,50,53)/b12-9+,18-15+,25-21-. The van der Waals surface area contributed by atoms with Crippen LogP contribution in [0.3, 0.4) is 0 Å². The molecular formula is C49H91NO5. The molecule has 3 unspecified atom stereocenters. The average Bonchev–Trinajstić information content (AvgIpc) is 3.18. The number of carbonyl (C=O) groups excluding carboxylic acids is 2. The van der Waals surface area contributed by atoms with Gasteiger partial charge in [0.2, 0.25) is 5.91 Å². The van der Waals surface area contributed by atoms with Crippen molar-refractivity contribution in [3.05, 3.63) is 36.5 Å². The summed E-state index contributed by atoms with van der Waals surface area (Å²) < 4.78 is 5.89. The smallest absolute Gasteiger partial charge is 0.306 e. The fourth-order valence-corrected chi connectivity index (χ4v) is 7.19. The molecule has 0 aliphatic rings. The zero-order valence-corrected chi connectivity index (χ0v) is 36.6. The second kappa shape index (κ2) is 43.2. The van der Waals surface area contributed by atoms with Gasteiger partial charge in [0.15, 0.2) is 0 Å². The number of allylic oxidation sites excluding steroid dienone is 6. The van der Waals surface area contributed by atoms with Gasteiger partial charge in [0.05, 0.1) is 25.2 Å². The van der Waals surface area contributed by atoms with E-state index in [1.54, 1.807) is 0 Å². The highest BCUT2D eigenvalue weighted by molar-refractivity contribution is 5.77. The molecule has 0 rings (SSSR count). The topological polar surface area (TPSA) is 95.9 Å². The van der Waals surface area contributed by atoms with Crippen molar-refractivity contribution in [2.24, 2.45) is 0 Å². The maximum atomic E-state index is 13.1. The van der Waals surface area contributed by atoms with Gasteiger partial charge in [0.25, 0.3) is 0 Å². The molecule has 0 aliphatic heterocycles. The van der Waals surface area contributed by atoms with Gasteiger partial charge in [-0.25, -0.2) is 0 Å². The van der Waals surface area contributed by atoms with Crippen LogP contribution in [0.4, 0.5) is 0 Å². The van der Waals surface area contributed by atoms with Crippen LogP contribution in [0.5, 0.6) is 0 Å². The van der Waals surface area contributed by atoms with Crippen LogP contribution in [0.15, 0.2) is 36.5 Å². The maximum absolute atomic E-state index is 13.1. The van der Waals surface area contributed by atoms with E-state index in [-0.39, 0.29) is 24.9 Å². The van der Waals surface area contributed by atoms with Crippen LogP contribution in [0.2, 0.25) is 0 Å². The number of unbranched alkanes of at least 4 members (excludes halogenated alkanes) is 26. The van der Waals surface area contributed by atoms with Crippen molar-refractivity contribution in [1.82, 2.24) is 5.32 Å². The molecule has 322 valence electrons. The second-order valence-electron chi connectivity index (χ2n) is 16.2. The number of hydrogen-bond acceptors (Lipinski definition) is 5. The van der Waals surface area contributed by atoms with E-state index in [0.717, 1.165) is 70.6 Å². The van der Waals surface area contributed by atoms with Gasteiger partial charge in [-0.15, -0.1) is 0 Å². The monoisotopic (exact) mass is 774 g/mol. The first-order valence-corrected chi connectivity index (χ1v) is 23.7. The third kappa shape index (κ3) is 38.7. The first-order valence-electron chi connectivity index (χ1n) is 23.7. The van der Waals surface area contributed by atoms with Gasteiger partial charge >= 0.3 is 5.97 Å². The Morgan fingerprint density at radius 2 is 0.982 bits per heavy atom. The van der Waals surface area contributed by atoms with Crippen molar-refractivity contribution in [2.45, 2.75) is 257 Å². The van der Waals surface area contributed by atoms with Gasteiger partial charge in [-0.3, -0.25) is 9.59 Å². The van der Waals surface area contributed by atoms with E-state index in [1.807, 2.05) is 12.2 Å². The quantitative estimate of drug-likeness (QED) is 0.0326. The highest BCUT2D eigenvalue weighted by Crippen LogP contribution is 2.17. The van der Waals surface area contributed by atoms with E-state index < -0.39 is 18.2 Å². The largest absolute Gasteiger partial charge is 0.462 e. The SMILES string of the molecule is CC/C=C/C=C/C=C\CCCCCC(CC(=O)NC(CO)C(O)CCCCCCCCCCCCCCC)OC(=O)CCCCCCCCCCCCCC. The van der Waals surface area contributed by atoms with Crippen LogP contribution in [-0.4, -0.2) is 46.9 Å². The number of carbonyl (C=O) groups is 2. The van der Waals surface area contributed by atoms with Crippen molar-refractivity contribution >= 4 is 11.9 Å². The molecule has 55 heavy (non-hydrogen) atoms. The number of nitrogens with one attached hydrogen (secondary N) is 1. The lowest BCUT2D eigenvalue weighted by Crippen LogP contribution is -2.46. The van der Waals surface area contributed by atoms with E-state index in [2.05, 4.69) is 50.4 Å². The number of hydrogen-bond donors (Lipinski definition) is 3. The van der Waals surface area contributed by atoms with E-state index in [9.17, 15) is 19.8 Å². The Morgan fingerprint density at radius 3 is 1.47 bits per heavy atom. The fraction of sp³-hybridized carbons (Fsp3) is 0.837. The number of amides is 1.